The van der Waals surface area contributed by atoms with Crippen molar-refractivity contribution in [3.8, 4) is 0 Å². The largest absolute Gasteiger partial charge is 0.340 e. The molecular weight excluding hydrogens is 316 g/mol. The zero-order valence-electron chi connectivity index (χ0n) is 15.4. The van der Waals surface area contributed by atoms with Crippen LogP contribution in [0.1, 0.15) is 45.4 Å². The molecule has 4 fully saturated rings. The first-order valence-corrected chi connectivity index (χ1v) is 10.2. The molecule has 0 spiro atoms. The highest BCUT2D eigenvalue weighted by Crippen LogP contribution is 2.40. The minimum atomic E-state index is 0.0546. The van der Waals surface area contributed by atoms with E-state index in [1.165, 1.54) is 25.7 Å². The van der Waals surface area contributed by atoms with Crippen molar-refractivity contribution in [1.82, 2.24) is 20.7 Å². The van der Waals surface area contributed by atoms with Gasteiger partial charge in [-0.1, -0.05) is 26.2 Å². The lowest BCUT2D eigenvalue weighted by atomic mass is 9.80. The standard InChI is InChI=1S/C19H32N4O2/c1-13-4-2-3-5-15(13)11-23-9-8-22(12-17(23)24)16-10-20-21-19(25)18(16)14-6-7-14/h13-16,18,20H,2-12H2,1H3,(H,21,25). The lowest BCUT2D eigenvalue weighted by Crippen LogP contribution is -2.65. The predicted molar refractivity (Wildman–Crippen MR) is 95.4 cm³/mol. The van der Waals surface area contributed by atoms with Gasteiger partial charge in [-0.05, 0) is 37.0 Å². The molecule has 6 heteroatoms. The highest BCUT2D eigenvalue weighted by atomic mass is 16.2. The zero-order valence-corrected chi connectivity index (χ0v) is 15.4. The lowest BCUT2D eigenvalue weighted by Gasteiger charge is -2.44. The Morgan fingerprint density at radius 1 is 1.08 bits per heavy atom. The summed E-state index contributed by atoms with van der Waals surface area (Å²) in [5.74, 6) is 2.35. The molecule has 4 aliphatic rings. The summed E-state index contributed by atoms with van der Waals surface area (Å²) in [4.78, 5) is 29.4. The van der Waals surface area contributed by atoms with Crippen LogP contribution < -0.4 is 10.9 Å². The van der Waals surface area contributed by atoms with E-state index in [2.05, 4.69) is 27.6 Å². The summed E-state index contributed by atoms with van der Waals surface area (Å²) in [5.41, 5.74) is 5.82. The fraction of sp³-hybridized carbons (Fsp3) is 0.895. The van der Waals surface area contributed by atoms with E-state index in [1.807, 2.05) is 0 Å². The highest BCUT2D eigenvalue weighted by molar-refractivity contribution is 5.81. The van der Waals surface area contributed by atoms with Crippen molar-refractivity contribution in [1.29, 1.82) is 0 Å². The second-order valence-corrected chi connectivity index (χ2v) is 8.63. The van der Waals surface area contributed by atoms with Gasteiger partial charge >= 0.3 is 0 Å². The summed E-state index contributed by atoms with van der Waals surface area (Å²) < 4.78 is 0. The van der Waals surface area contributed by atoms with E-state index in [-0.39, 0.29) is 23.8 Å². The van der Waals surface area contributed by atoms with Crippen molar-refractivity contribution in [2.45, 2.75) is 51.5 Å². The maximum absolute atomic E-state index is 12.8. The van der Waals surface area contributed by atoms with Crippen LogP contribution in [0, 0.1) is 23.7 Å². The molecule has 4 unspecified atom stereocenters. The van der Waals surface area contributed by atoms with Crippen LogP contribution in [0.15, 0.2) is 0 Å². The molecule has 140 valence electrons. The van der Waals surface area contributed by atoms with E-state index in [1.54, 1.807) is 0 Å². The molecule has 0 aromatic carbocycles. The predicted octanol–water partition coefficient (Wildman–Crippen LogP) is 0.986. The Labute approximate surface area is 150 Å². The third-order valence-corrected chi connectivity index (χ3v) is 6.93. The fourth-order valence-electron chi connectivity index (χ4n) is 5.12. The van der Waals surface area contributed by atoms with Gasteiger partial charge in [0.05, 0.1) is 12.5 Å². The third kappa shape index (κ3) is 3.70. The van der Waals surface area contributed by atoms with Crippen molar-refractivity contribution in [2.24, 2.45) is 23.7 Å². The van der Waals surface area contributed by atoms with Crippen LogP contribution in [0.5, 0.6) is 0 Å². The SMILES string of the molecule is CC1CCCCC1CN1CCN(C2CNNC(=O)C2C2CC2)CC1=O. The zero-order chi connectivity index (χ0) is 17.4. The number of hydrazine groups is 1. The van der Waals surface area contributed by atoms with Gasteiger partial charge in [-0.25, -0.2) is 5.43 Å². The van der Waals surface area contributed by atoms with Gasteiger partial charge in [0.15, 0.2) is 0 Å². The van der Waals surface area contributed by atoms with Crippen LogP contribution in [-0.4, -0.2) is 60.4 Å². The number of hydrogen-bond acceptors (Lipinski definition) is 4. The minimum Gasteiger partial charge on any atom is -0.340 e. The van der Waals surface area contributed by atoms with Crippen LogP contribution in [0.4, 0.5) is 0 Å². The number of nitrogens with zero attached hydrogens (tertiary/aromatic N) is 2. The minimum absolute atomic E-state index is 0.0546. The Morgan fingerprint density at radius 3 is 2.60 bits per heavy atom. The van der Waals surface area contributed by atoms with Gasteiger partial charge in [0.25, 0.3) is 0 Å². The number of carbonyl (C=O) groups excluding carboxylic acids is 2. The topological polar surface area (TPSA) is 64.7 Å². The molecule has 2 saturated carbocycles. The monoisotopic (exact) mass is 348 g/mol. The normalized spacial score (nSPS) is 37.9. The van der Waals surface area contributed by atoms with Crippen LogP contribution in [-0.2, 0) is 9.59 Å². The van der Waals surface area contributed by atoms with Gasteiger partial charge in [0.1, 0.15) is 0 Å². The number of hydrogen-bond donors (Lipinski definition) is 2. The lowest BCUT2D eigenvalue weighted by molar-refractivity contribution is -0.143. The first-order valence-electron chi connectivity index (χ1n) is 10.2. The maximum atomic E-state index is 12.8. The second-order valence-electron chi connectivity index (χ2n) is 8.63. The van der Waals surface area contributed by atoms with Crippen LogP contribution in [0.2, 0.25) is 0 Å². The Balaban J connectivity index is 1.36. The van der Waals surface area contributed by atoms with Crippen LogP contribution >= 0.6 is 0 Å². The Bertz CT molecular complexity index is 522. The molecule has 2 aliphatic carbocycles. The van der Waals surface area contributed by atoms with E-state index < -0.39 is 0 Å². The van der Waals surface area contributed by atoms with E-state index in [4.69, 9.17) is 0 Å². The average Bonchev–Trinajstić information content (AvgIpc) is 3.43. The van der Waals surface area contributed by atoms with Gasteiger partial charge in [-0.2, -0.15) is 0 Å². The van der Waals surface area contributed by atoms with Crippen molar-refractivity contribution >= 4 is 11.8 Å². The summed E-state index contributed by atoms with van der Waals surface area (Å²) in [6.07, 6.45) is 7.55. The number of nitrogens with one attached hydrogen (secondary N) is 2. The first-order chi connectivity index (χ1) is 12.1. The smallest absolute Gasteiger partial charge is 0.239 e. The molecular formula is C19H32N4O2. The maximum Gasteiger partial charge on any atom is 0.239 e. The molecule has 25 heavy (non-hydrogen) atoms. The average molecular weight is 348 g/mol. The van der Waals surface area contributed by atoms with Crippen molar-refractivity contribution < 1.29 is 9.59 Å². The molecule has 0 aromatic heterocycles. The Morgan fingerprint density at radius 2 is 1.88 bits per heavy atom. The second kappa shape index (κ2) is 7.23. The van der Waals surface area contributed by atoms with E-state index in [0.29, 0.717) is 18.4 Å². The van der Waals surface area contributed by atoms with Crippen LogP contribution in [0.25, 0.3) is 0 Å². The van der Waals surface area contributed by atoms with E-state index >= 15 is 0 Å². The highest BCUT2D eigenvalue weighted by Gasteiger charge is 2.46. The molecule has 0 aromatic rings. The van der Waals surface area contributed by atoms with Crippen LogP contribution in [0.3, 0.4) is 0 Å². The molecule has 0 bridgehead atoms. The molecule has 2 saturated heterocycles. The summed E-state index contributed by atoms with van der Waals surface area (Å²) in [7, 11) is 0. The molecule has 6 nitrogen and oxygen atoms in total. The molecule has 2 aliphatic heterocycles. The summed E-state index contributed by atoms with van der Waals surface area (Å²) in [6.45, 7) is 6.22. The Hall–Kier alpha value is -1.14. The third-order valence-electron chi connectivity index (χ3n) is 6.93. The van der Waals surface area contributed by atoms with Crippen molar-refractivity contribution in [3.63, 3.8) is 0 Å². The number of piperazine rings is 1. The van der Waals surface area contributed by atoms with E-state index in [0.717, 1.165) is 44.9 Å². The van der Waals surface area contributed by atoms with Gasteiger partial charge in [0.2, 0.25) is 11.8 Å². The quantitative estimate of drug-likeness (QED) is 0.795. The number of rotatable bonds is 4. The molecule has 2 N–H and O–H groups in total. The van der Waals surface area contributed by atoms with Crippen molar-refractivity contribution in [2.75, 3.05) is 32.7 Å². The summed E-state index contributed by atoms with van der Waals surface area (Å²) in [6, 6.07) is 0.168. The van der Waals surface area contributed by atoms with E-state index in [9.17, 15) is 9.59 Å². The van der Waals surface area contributed by atoms with Gasteiger partial charge in [-0.3, -0.25) is 19.9 Å². The fourth-order valence-corrected chi connectivity index (χ4v) is 5.12. The Kier molecular flexibility index (Phi) is 5.00. The van der Waals surface area contributed by atoms with Gasteiger partial charge < -0.3 is 4.90 Å². The van der Waals surface area contributed by atoms with Gasteiger partial charge in [-0.15, -0.1) is 0 Å². The first kappa shape index (κ1) is 17.3. The summed E-state index contributed by atoms with van der Waals surface area (Å²) in [5, 5.41) is 0. The molecule has 2 heterocycles. The molecule has 2 amide bonds. The molecule has 0 radical (unpaired) electrons. The van der Waals surface area contributed by atoms with Crippen molar-refractivity contribution in [3.05, 3.63) is 0 Å². The van der Waals surface area contributed by atoms with Gasteiger partial charge in [0, 0.05) is 32.2 Å². The molecule has 4 atom stereocenters. The number of amides is 2. The number of carbonyl (C=O) groups is 2. The summed E-state index contributed by atoms with van der Waals surface area (Å²) >= 11 is 0. The molecule has 4 rings (SSSR count).